The summed E-state index contributed by atoms with van der Waals surface area (Å²) in [5.74, 6) is 0.213. The minimum Gasteiger partial charge on any atom is -0.300 e. The van der Waals surface area contributed by atoms with Crippen LogP contribution >= 0.6 is 23.2 Å². The lowest BCUT2D eigenvalue weighted by atomic mass is 10.2. The summed E-state index contributed by atoms with van der Waals surface area (Å²) in [6.45, 7) is 4.58. The number of carbonyl (C=O) groups excluding carboxylic acids is 3. The molecular formula is C22H28Cl2O3. The quantitative estimate of drug-likeness (QED) is 0.405. The Morgan fingerprint density at radius 1 is 0.741 bits per heavy atom. The molecule has 27 heavy (non-hydrogen) atoms. The van der Waals surface area contributed by atoms with Gasteiger partial charge in [-0.2, -0.15) is 0 Å². The molecule has 2 aromatic rings. The summed E-state index contributed by atoms with van der Waals surface area (Å²) in [5, 5.41) is 1.36. The Kier molecular flexibility index (Phi) is 18.8. The van der Waals surface area contributed by atoms with Gasteiger partial charge in [0.1, 0.15) is 12.1 Å². The molecule has 0 fully saturated rings. The number of carbonyl (C=O) groups is 3. The molecule has 5 heteroatoms. The lowest BCUT2D eigenvalue weighted by molar-refractivity contribution is -0.115. The Bertz CT molecular complexity index is 699. The third-order valence-corrected chi connectivity index (χ3v) is 2.89. The van der Waals surface area contributed by atoms with Gasteiger partial charge in [-0.1, -0.05) is 68.4 Å². The summed E-state index contributed by atoms with van der Waals surface area (Å²) in [6, 6.07) is 14.0. The van der Waals surface area contributed by atoms with Gasteiger partial charge in [0, 0.05) is 15.6 Å². The topological polar surface area (TPSA) is 51.2 Å². The summed E-state index contributed by atoms with van der Waals surface area (Å²) < 4.78 is 0. The zero-order chi connectivity index (χ0) is 19.2. The molecule has 0 aliphatic rings. The number of rotatable bonds is 3. The fourth-order valence-electron chi connectivity index (χ4n) is 1.33. The van der Waals surface area contributed by atoms with Crippen LogP contribution in [0.25, 0.3) is 6.08 Å². The largest absolute Gasteiger partial charge is 0.300 e. The number of allylic oxidation sites excluding steroid dienone is 1. The Balaban J connectivity index is -0.000000343. The average molecular weight is 411 g/mol. The fourth-order valence-corrected chi connectivity index (χ4v) is 1.58. The van der Waals surface area contributed by atoms with Crippen molar-refractivity contribution in [2.24, 2.45) is 0 Å². The van der Waals surface area contributed by atoms with Gasteiger partial charge in [-0.05, 0) is 56.7 Å². The van der Waals surface area contributed by atoms with Crippen molar-refractivity contribution >= 4 is 47.1 Å². The summed E-state index contributed by atoms with van der Waals surface area (Å²) >= 11 is 11.2. The number of aldehydes is 1. The minimum atomic E-state index is 0. The van der Waals surface area contributed by atoms with Gasteiger partial charge in [-0.3, -0.25) is 9.59 Å². The molecule has 0 bridgehead atoms. The van der Waals surface area contributed by atoms with Gasteiger partial charge in [-0.25, -0.2) is 0 Å². The molecule has 0 unspecified atom stereocenters. The lowest BCUT2D eigenvalue weighted by Gasteiger charge is -1.91. The van der Waals surface area contributed by atoms with E-state index in [1.54, 1.807) is 42.5 Å². The van der Waals surface area contributed by atoms with E-state index < -0.39 is 0 Å². The van der Waals surface area contributed by atoms with Crippen LogP contribution in [0.4, 0.5) is 0 Å². The molecular weight excluding hydrogens is 383 g/mol. The third-order valence-electron chi connectivity index (χ3n) is 2.39. The van der Waals surface area contributed by atoms with E-state index in [1.165, 1.54) is 26.8 Å². The molecule has 0 aromatic heterocycles. The summed E-state index contributed by atoms with van der Waals surface area (Å²) in [7, 11) is 0. The first kappa shape index (κ1) is 29.5. The first-order valence-electron chi connectivity index (χ1n) is 7.36. The van der Waals surface area contributed by atoms with Crippen LogP contribution in [0.3, 0.4) is 0 Å². The van der Waals surface area contributed by atoms with Crippen molar-refractivity contribution in [2.45, 2.75) is 35.6 Å². The van der Waals surface area contributed by atoms with Gasteiger partial charge < -0.3 is 4.79 Å². The molecule has 0 heterocycles. The summed E-state index contributed by atoms with van der Waals surface area (Å²) in [6.07, 6.45) is 4.08. The number of Topliss-reactive ketones (excluding diaryl/α,β-unsaturated/α-hetero) is 1. The Morgan fingerprint density at radius 3 is 1.37 bits per heavy atom. The molecule has 2 aromatic carbocycles. The second-order valence-corrected chi connectivity index (χ2v) is 5.95. The normalized spacial score (nSPS) is 8.63. The van der Waals surface area contributed by atoms with E-state index in [1.807, 2.05) is 12.1 Å². The lowest BCUT2D eigenvalue weighted by Crippen LogP contribution is -1.79. The molecule has 2 rings (SSSR count). The smallest absolute Gasteiger partial charge is 0.152 e. The Morgan fingerprint density at radius 2 is 1.07 bits per heavy atom. The Labute approximate surface area is 173 Å². The van der Waals surface area contributed by atoms with Gasteiger partial charge in [-0.15, -0.1) is 0 Å². The summed E-state index contributed by atoms with van der Waals surface area (Å²) in [4.78, 5) is 30.1. The molecule has 0 spiro atoms. The van der Waals surface area contributed by atoms with Crippen molar-refractivity contribution < 1.29 is 14.4 Å². The third kappa shape index (κ3) is 18.4. The predicted molar refractivity (Wildman–Crippen MR) is 118 cm³/mol. The van der Waals surface area contributed by atoms with Crippen LogP contribution in [0.15, 0.2) is 54.6 Å². The van der Waals surface area contributed by atoms with Crippen molar-refractivity contribution in [1.82, 2.24) is 0 Å². The van der Waals surface area contributed by atoms with Crippen molar-refractivity contribution in [1.29, 1.82) is 0 Å². The molecule has 148 valence electrons. The van der Waals surface area contributed by atoms with Gasteiger partial charge in [0.05, 0.1) is 0 Å². The number of ketones is 2. The second-order valence-electron chi connectivity index (χ2n) is 5.07. The van der Waals surface area contributed by atoms with Crippen molar-refractivity contribution in [3.05, 3.63) is 75.8 Å². The fraction of sp³-hybridized carbons (Fsp3) is 0.227. The van der Waals surface area contributed by atoms with E-state index in [9.17, 15) is 14.4 Å². The van der Waals surface area contributed by atoms with Crippen LogP contribution in [0, 0.1) is 0 Å². The van der Waals surface area contributed by atoms with Crippen LogP contribution in [-0.2, 0) is 9.59 Å². The maximum absolute atomic E-state index is 10.6. The highest BCUT2D eigenvalue weighted by atomic mass is 35.5. The zero-order valence-electron chi connectivity index (χ0n) is 14.3. The van der Waals surface area contributed by atoms with Crippen LogP contribution in [0.5, 0.6) is 0 Å². The first-order chi connectivity index (χ1) is 11.7. The molecule has 0 atom stereocenters. The van der Waals surface area contributed by atoms with E-state index in [4.69, 9.17) is 23.2 Å². The number of halogens is 2. The molecule has 0 aliphatic heterocycles. The van der Waals surface area contributed by atoms with E-state index in [-0.39, 0.29) is 26.4 Å². The number of benzene rings is 2. The Hall–Kier alpha value is -2.23. The molecule has 3 nitrogen and oxygen atoms in total. The summed E-state index contributed by atoms with van der Waals surface area (Å²) in [5.41, 5.74) is 1.63. The zero-order valence-corrected chi connectivity index (χ0v) is 15.8. The number of hydrogen-bond acceptors (Lipinski definition) is 3. The molecule has 0 saturated carbocycles. The van der Waals surface area contributed by atoms with E-state index in [2.05, 4.69) is 0 Å². The second kappa shape index (κ2) is 17.2. The highest BCUT2D eigenvalue weighted by Gasteiger charge is 1.88. The first-order valence-corrected chi connectivity index (χ1v) is 8.12. The van der Waals surface area contributed by atoms with Gasteiger partial charge >= 0.3 is 0 Å². The molecule has 0 aliphatic carbocycles. The minimum absolute atomic E-state index is 0. The van der Waals surface area contributed by atoms with Crippen molar-refractivity contribution in [3.8, 4) is 0 Å². The maximum Gasteiger partial charge on any atom is 0.152 e. The van der Waals surface area contributed by atoms with E-state index in [0.29, 0.717) is 15.6 Å². The standard InChI is InChI=1S/C10H9ClO.C7H5ClO.C3H6O.2CH4/c1-8(12)2-3-9-4-6-10(11)7-5-9;8-7-3-1-6(5-9)2-4-7;1-3(2)4;;/h2-7H,1H3;1-5H;1-2H3;2*1H4/b3-2+;;;;. The average Bonchev–Trinajstić information content (AvgIpc) is 2.55. The van der Waals surface area contributed by atoms with E-state index >= 15 is 0 Å². The van der Waals surface area contributed by atoms with Gasteiger partial charge in [0.2, 0.25) is 0 Å². The molecule has 0 amide bonds. The monoisotopic (exact) mass is 410 g/mol. The number of hydrogen-bond donors (Lipinski definition) is 0. The van der Waals surface area contributed by atoms with Crippen LogP contribution < -0.4 is 0 Å². The maximum atomic E-state index is 10.6. The van der Waals surface area contributed by atoms with Crippen molar-refractivity contribution in [3.63, 3.8) is 0 Å². The SMILES string of the molecule is C.C.CC(=O)/C=C/c1ccc(Cl)cc1.CC(C)=O.O=Cc1ccc(Cl)cc1. The van der Waals surface area contributed by atoms with Gasteiger partial charge in [0.15, 0.2) is 5.78 Å². The molecule has 0 radical (unpaired) electrons. The van der Waals surface area contributed by atoms with Gasteiger partial charge in [0.25, 0.3) is 0 Å². The van der Waals surface area contributed by atoms with Crippen LogP contribution in [-0.4, -0.2) is 17.9 Å². The predicted octanol–water partition coefficient (Wildman–Crippen LogP) is 6.96. The highest BCUT2D eigenvalue weighted by Crippen LogP contribution is 2.10. The van der Waals surface area contributed by atoms with Crippen LogP contribution in [0.2, 0.25) is 10.0 Å². The van der Waals surface area contributed by atoms with Crippen LogP contribution in [0.1, 0.15) is 51.5 Å². The highest BCUT2D eigenvalue weighted by molar-refractivity contribution is 6.30. The van der Waals surface area contributed by atoms with E-state index in [0.717, 1.165) is 11.8 Å². The molecule has 0 saturated heterocycles. The van der Waals surface area contributed by atoms with Crippen molar-refractivity contribution in [2.75, 3.05) is 0 Å². The molecule has 0 N–H and O–H groups in total.